The third kappa shape index (κ3) is 3.48. The summed E-state index contributed by atoms with van der Waals surface area (Å²) in [6, 6.07) is 0. The number of allylic oxidation sites excluding steroid dienone is 2. The first-order valence-corrected chi connectivity index (χ1v) is 15.4. The minimum Gasteiger partial charge on any atom is -0.481 e. The maximum atomic E-state index is 12.7. The van der Waals surface area contributed by atoms with Crippen molar-refractivity contribution >= 4 is 5.97 Å². The predicted molar refractivity (Wildman–Crippen MR) is 144 cm³/mol. The molecule has 0 amide bonds. The van der Waals surface area contributed by atoms with E-state index in [9.17, 15) is 25.2 Å². The van der Waals surface area contributed by atoms with Gasteiger partial charge in [-0.3, -0.25) is 4.79 Å². The molecule has 1 aliphatic heterocycles. The number of aliphatic carboxylic acids is 1. The van der Waals surface area contributed by atoms with Crippen molar-refractivity contribution in [3.8, 4) is 0 Å². The quantitative estimate of drug-likeness (QED) is 0.368. The molecule has 1 saturated heterocycles. The van der Waals surface area contributed by atoms with Crippen LogP contribution >= 0.6 is 0 Å². The number of ether oxygens (including phenoxy) is 1. The van der Waals surface area contributed by atoms with Crippen LogP contribution in [-0.2, 0) is 9.53 Å². The van der Waals surface area contributed by atoms with Gasteiger partial charge in [-0.05, 0) is 116 Å². The van der Waals surface area contributed by atoms with Crippen LogP contribution in [0.4, 0.5) is 0 Å². The van der Waals surface area contributed by atoms with Gasteiger partial charge >= 0.3 is 5.97 Å². The van der Waals surface area contributed by atoms with Crippen LogP contribution in [0.15, 0.2) is 11.6 Å². The van der Waals surface area contributed by atoms with Gasteiger partial charge in [0.1, 0.15) is 12.2 Å². The minimum absolute atomic E-state index is 0.0796. The fourth-order valence-electron chi connectivity index (χ4n) is 11.8. The Kier molecular flexibility index (Phi) is 6.29. The van der Waals surface area contributed by atoms with Crippen LogP contribution < -0.4 is 0 Å². The molecule has 0 bridgehead atoms. The fourth-order valence-corrected chi connectivity index (χ4v) is 11.8. The first-order chi connectivity index (χ1) is 17.8. The molecule has 1 heterocycles. The lowest BCUT2D eigenvalue weighted by molar-refractivity contribution is -0.204. The summed E-state index contributed by atoms with van der Waals surface area (Å²) in [7, 11) is 0. The zero-order chi connectivity index (χ0) is 27.4. The van der Waals surface area contributed by atoms with E-state index in [-0.39, 0.29) is 28.1 Å². The highest BCUT2D eigenvalue weighted by Crippen LogP contribution is 2.72. The number of hydrogen-bond donors (Lipinski definition) is 4. The molecule has 4 saturated carbocycles. The second-order valence-electron chi connectivity index (χ2n) is 15.5. The van der Waals surface area contributed by atoms with Crippen LogP contribution in [0.1, 0.15) is 98.8 Å². The van der Waals surface area contributed by atoms with Gasteiger partial charge in [0.15, 0.2) is 6.29 Å². The van der Waals surface area contributed by atoms with Crippen molar-refractivity contribution in [1.82, 2.24) is 0 Å². The van der Waals surface area contributed by atoms with Crippen LogP contribution in [0.5, 0.6) is 0 Å². The van der Waals surface area contributed by atoms with Crippen molar-refractivity contribution in [2.45, 2.75) is 123 Å². The van der Waals surface area contributed by atoms with E-state index in [0.717, 1.165) is 64.2 Å². The number of fused-ring (bicyclic) bond motifs is 7. The average molecular weight is 531 g/mol. The first kappa shape index (κ1) is 27.2. The molecule has 214 valence electrons. The molecule has 38 heavy (non-hydrogen) atoms. The number of rotatable bonds is 2. The number of carboxylic acids is 1. The Labute approximate surface area is 228 Å². The van der Waals surface area contributed by atoms with Gasteiger partial charge in [0, 0.05) is 0 Å². The lowest BCUT2D eigenvalue weighted by Crippen LogP contribution is -2.62. The van der Waals surface area contributed by atoms with Crippen molar-refractivity contribution < 1.29 is 30.0 Å². The SMILES string of the molecule is CC1CCC2(C(=O)O)CCC3C(=CCC4C3(C)CCC3C(C)(C)C(C5OC(O)C(O)C5O)CCC34C)C2C1. The zero-order valence-electron chi connectivity index (χ0n) is 24.0. The van der Waals surface area contributed by atoms with E-state index in [1.165, 1.54) is 5.57 Å². The van der Waals surface area contributed by atoms with Crippen LogP contribution in [0, 0.1) is 57.2 Å². The lowest BCUT2D eigenvalue weighted by Gasteiger charge is -2.68. The minimum atomic E-state index is -1.32. The Bertz CT molecular complexity index is 1010. The molecule has 6 aliphatic rings. The molecular weight excluding hydrogens is 480 g/mol. The van der Waals surface area contributed by atoms with E-state index in [1.807, 2.05) is 0 Å². The van der Waals surface area contributed by atoms with Gasteiger partial charge in [0.05, 0.1) is 11.5 Å². The Morgan fingerprint density at radius 3 is 2.21 bits per heavy atom. The number of aliphatic hydroxyl groups excluding tert-OH is 3. The second kappa shape index (κ2) is 8.77. The topological polar surface area (TPSA) is 107 Å². The third-order valence-corrected chi connectivity index (χ3v) is 13.8. The summed E-state index contributed by atoms with van der Waals surface area (Å²) in [4.78, 5) is 12.7. The van der Waals surface area contributed by atoms with E-state index in [2.05, 4.69) is 40.7 Å². The summed E-state index contributed by atoms with van der Waals surface area (Å²) in [5.74, 6) is 1.78. The number of carboxylic acid groups (broad SMARTS) is 1. The van der Waals surface area contributed by atoms with E-state index in [0.29, 0.717) is 23.7 Å². The molecule has 5 aliphatic carbocycles. The van der Waals surface area contributed by atoms with Gasteiger partial charge in [0.25, 0.3) is 0 Å². The Balaban J connectivity index is 1.32. The zero-order valence-corrected chi connectivity index (χ0v) is 24.0. The van der Waals surface area contributed by atoms with Gasteiger partial charge in [-0.25, -0.2) is 0 Å². The van der Waals surface area contributed by atoms with Gasteiger partial charge in [-0.2, -0.15) is 0 Å². The van der Waals surface area contributed by atoms with Gasteiger partial charge in [-0.15, -0.1) is 0 Å². The molecule has 6 rings (SSSR count). The predicted octanol–water partition coefficient (Wildman–Crippen LogP) is 5.15. The van der Waals surface area contributed by atoms with Gasteiger partial charge in [-0.1, -0.05) is 46.3 Å². The normalized spacial score (nSPS) is 55.6. The van der Waals surface area contributed by atoms with E-state index < -0.39 is 36.0 Å². The highest BCUT2D eigenvalue weighted by molar-refractivity contribution is 5.76. The molecule has 0 aromatic carbocycles. The number of aliphatic hydroxyl groups is 3. The molecule has 0 spiro atoms. The molecule has 6 nitrogen and oxygen atoms in total. The Morgan fingerprint density at radius 1 is 0.868 bits per heavy atom. The van der Waals surface area contributed by atoms with Crippen LogP contribution in [0.3, 0.4) is 0 Å². The monoisotopic (exact) mass is 530 g/mol. The molecule has 0 aromatic rings. The average Bonchev–Trinajstić information content (AvgIpc) is 3.10. The third-order valence-electron chi connectivity index (χ3n) is 13.8. The summed E-state index contributed by atoms with van der Waals surface area (Å²) < 4.78 is 5.76. The highest BCUT2D eigenvalue weighted by atomic mass is 16.6. The standard InChI is InChI=1S/C32H50O6/c1-17-8-14-32(28(36)37)15-10-19-18(21(32)16-17)6-7-23-30(19,4)13-11-22-29(2,3)20(9-12-31(22,23)5)26-24(33)25(34)27(35)38-26/h6,17,19-27,33-35H,7-16H2,1-5H3,(H,36,37). The molecule has 13 atom stereocenters. The lowest BCUT2D eigenvalue weighted by atomic mass is 9.36. The van der Waals surface area contributed by atoms with Crippen molar-refractivity contribution in [2.24, 2.45) is 57.2 Å². The second-order valence-corrected chi connectivity index (χ2v) is 15.5. The summed E-state index contributed by atoms with van der Waals surface area (Å²) in [5, 5.41) is 41.4. The molecule has 0 aromatic heterocycles. The van der Waals surface area contributed by atoms with Crippen LogP contribution in [0.25, 0.3) is 0 Å². The van der Waals surface area contributed by atoms with E-state index in [1.54, 1.807) is 0 Å². The van der Waals surface area contributed by atoms with Crippen molar-refractivity contribution in [2.75, 3.05) is 0 Å². The maximum Gasteiger partial charge on any atom is 0.310 e. The molecule has 6 heteroatoms. The van der Waals surface area contributed by atoms with Crippen molar-refractivity contribution in [3.05, 3.63) is 11.6 Å². The fraction of sp³-hybridized carbons (Fsp3) is 0.906. The smallest absolute Gasteiger partial charge is 0.310 e. The van der Waals surface area contributed by atoms with Crippen LogP contribution in [-0.4, -0.2) is 51.0 Å². The van der Waals surface area contributed by atoms with Gasteiger partial charge in [0.2, 0.25) is 0 Å². The molecule has 5 fully saturated rings. The summed E-state index contributed by atoms with van der Waals surface area (Å²) in [6.07, 6.45) is 8.34. The molecular formula is C32H50O6. The summed E-state index contributed by atoms with van der Waals surface area (Å²) >= 11 is 0. The molecule has 4 N–H and O–H groups in total. The van der Waals surface area contributed by atoms with E-state index >= 15 is 0 Å². The maximum absolute atomic E-state index is 12.7. The Hall–Kier alpha value is -0.950. The highest BCUT2D eigenvalue weighted by Gasteiger charge is 2.66. The molecule has 0 radical (unpaired) electrons. The van der Waals surface area contributed by atoms with E-state index in [4.69, 9.17) is 4.74 Å². The van der Waals surface area contributed by atoms with Crippen LogP contribution in [0.2, 0.25) is 0 Å². The largest absolute Gasteiger partial charge is 0.481 e. The van der Waals surface area contributed by atoms with Crippen molar-refractivity contribution in [1.29, 1.82) is 0 Å². The Morgan fingerprint density at radius 2 is 1.55 bits per heavy atom. The van der Waals surface area contributed by atoms with Gasteiger partial charge < -0.3 is 25.2 Å². The number of hydrogen-bond acceptors (Lipinski definition) is 5. The molecule has 13 unspecified atom stereocenters. The number of carbonyl (C=O) groups is 1. The van der Waals surface area contributed by atoms with Crippen molar-refractivity contribution in [3.63, 3.8) is 0 Å². The first-order valence-electron chi connectivity index (χ1n) is 15.4. The summed E-state index contributed by atoms with van der Waals surface area (Å²) in [5.41, 5.74) is 1.16. The summed E-state index contributed by atoms with van der Waals surface area (Å²) in [6.45, 7) is 12.0.